The van der Waals surface area contributed by atoms with Crippen LogP contribution in [-0.4, -0.2) is 22.3 Å². The van der Waals surface area contributed by atoms with Gasteiger partial charge in [-0.2, -0.15) is 5.06 Å². The van der Waals surface area contributed by atoms with Crippen molar-refractivity contribution in [1.82, 2.24) is 5.06 Å². The van der Waals surface area contributed by atoms with Crippen LogP contribution in [0, 0.1) is 0 Å². The van der Waals surface area contributed by atoms with Crippen LogP contribution in [0.3, 0.4) is 0 Å². The molecule has 0 spiro atoms. The minimum Gasteiger partial charge on any atom is -0.350 e. The first-order chi connectivity index (χ1) is 6.61. The lowest BCUT2D eigenvalue weighted by atomic mass is 10.3. The van der Waals surface area contributed by atoms with Gasteiger partial charge in [0.2, 0.25) is 0 Å². The molecule has 1 atom stereocenters. The van der Waals surface area contributed by atoms with Crippen LogP contribution in [0.1, 0.15) is 11.8 Å². The molecule has 0 aliphatic heterocycles. The minimum absolute atomic E-state index is 0.422. The van der Waals surface area contributed by atoms with Crippen LogP contribution in [0.2, 0.25) is 0 Å². The highest BCUT2D eigenvalue weighted by Crippen LogP contribution is 2.11. The molecule has 0 saturated heterocycles. The van der Waals surface area contributed by atoms with E-state index in [4.69, 9.17) is 10.9 Å². The smallest absolute Gasteiger partial charge is 0.339 e. The van der Waals surface area contributed by atoms with Gasteiger partial charge in [-0.1, -0.05) is 12.1 Å². The van der Waals surface area contributed by atoms with Crippen LogP contribution < -0.4 is 5.73 Å². The molecule has 1 aromatic heterocycles. The van der Waals surface area contributed by atoms with E-state index in [2.05, 4.69) is 0 Å². The van der Waals surface area contributed by atoms with Gasteiger partial charge in [-0.25, -0.2) is 4.79 Å². The Morgan fingerprint density at radius 3 is 3.00 bits per heavy atom. The molecule has 1 unspecified atom stereocenters. The Balaban J connectivity index is 2.56. The molecule has 1 aromatic rings. The van der Waals surface area contributed by atoms with Gasteiger partial charge in [0.05, 0.1) is 6.04 Å². The van der Waals surface area contributed by atoms with Gasteiger partial charge in [-0.3, -0.25) is 5.21 Å². The fraction of sp³-hybridized carbons (Fsp3) is 0.222. The molecule has 0 aliphatic rings. The van der Waals surface area contributed by atoms with Crippen molar-refractivity contribution in [2.75, 3.05) is 0 Å². The molecule has 0 fully saturated rings. The zero-order valence-corrected chi connectivity index (χ0v) is 8.57. The van der Waals surface area contributed by atoms with E-state index >= 15 is 0 Å². The van der Waals surface area contributed by atoms with Crippen molar-refractivity contribution in [3.63, 3.8) is 0 Å². The Morgan fingerprint density at radius 1 is 1.79 bits per heavy atom. The highest BCUT2D eigenvalue weighted by molar-refractivity contribution is 7.10. The van der Waals surface area contributed by atoms with E-state index < -0.39 is 12.1 Å². The van der Waals surface area contributed by atoms with Gasteiger partial charge < -0.3 is 5.73 Å². The Kier molecular flexibility index (Phi) is 3.67. The Morgan fingerprint density at radius 2 is 2.50 bits per heavy atom. The molecule has 0 saturated carbocycles. The van der Waals surface area contributed by atoms with Gasteiger partial charge in [0.25, 0.3) is 0 Å². The summed E-state index contributed by atoms with van der Waals surface area (Å²) in [4.78, 5) is 11.6. The summed E-state index contributed by atoms with van der Waals surface area (Å²) in [6.07, 6.45) is 3.54. The molecule has 1 heterocycles. The van der Waals surface area contributed by atoms with Crippen molar-refractivity contribution >= 4 is 23.4 Å². The molecule has 4 nitrogen and oxygen atoms in total. The maximum Gasteiger partial charge on any atom is 0.339 e. The zero-order valence-electron chi connectivity index (χ0n) is 7.75. The lowest BCUT2D eigenvalue weighted by molar-refractivity contribution is -0.0560. The zero-order chi connectivity index (χ0) is 10.6. The number of urea groups is 1. The second-order valence-corrected chi connectivity index (χ2v) is 3.78. The molecule has 2 amide bonds. The lowest BCUT2D eigenvalue weighted by Gasteiger charge is -2.16. The molecule has 0 bridgehead atoms. The first kappa shape index (κ1) is 10.7. The number of nitrogens with zero attached hydrogens (tertiary/aromatic N) is 1. The predicted molar refractivity (Wildman–Crippen MR) is 56.0 cm³/mol. The summed E-state index contributed by atoms with van der Waals surface area (Å²) in [6.45, 7) is 1.68. The van der Waals surface area contributed by atoms with Gasteiger partial charge in [0.15, 0.2) is 0 Å². The number of amides is 2. The molecule has 0 aromatic carbocycles. The highest BCUT2D eigenvalue weighted by Gasteiger charge is 2.11. The maximum atomic E-state index is 10.6. The average molecular weight is 212 g/mol. The first-order valence-electron chi connectivity index (χ1n) is 4.10. The van der Waals surface area contributed by atoms with Crippen LogP contribution in [0.25, 0.3) is 6.08 Å². The molecule has 5 heteroatoms. The van der Waals surface area contributed by atoms with Crippen molar-refractivity contribution in [2.24, 2.45) is 5.73 Å². The van der Waals surface area contributed by atoms with Crippen molar-refractivity contribution < 1.29 is 10.0 Å². The number of hydrogen-bond acceptors (Lipinski definition) is 3. The lowest BCUT2D eigenvalue weighted by Crippen LogP contribution is -2.38. The Labute approximate surface area is 86.2 Å². The monoisotopic (exact) mass is 212 g/mol. The third-order valence-electron chi connectivity index (χ3n) is 1.69. The molecule has 76 valence electrons. The van der Waals surface area contributed by atoms with Crippen LogP contribution in [0.4, 0.5) is 4.79 Å². The number of carbonyl (C=O) groups excluding carboxylic acids is 1. The van der Waals surface area contributed by atoms with Gasteiger partial charge in [-0.15, -0.1) is 11.3 Å². The number of carbonyl (C=O) groups is 1. The van der Waals surface area contributed by atoms with E-state index in [1.54, 1.807) is 24.3 Å². The number of rotatable bonds is 3. The molecule has 1 rings (SSSR count). The topological polar surface area (TPSA) is 66.6 Å². The van der Waals surface area contributed by atoms with E-state index in [0.717, 1.165) is 4.88 Å². The number of hydroxylamine groups is 2. The number of primary amides is 1. The SMILES string of the molecule is CC(C=Cc1cccs1)N(O)C(N)=O. The number of hydrogen-bond donors (Lipinski definition) is 2. The summed E-state index contributed by atoms with van der Waals surface area (Å²) < 4.78 is 0. The average Bonchev–Trinajstić information content (AvgIpc) is 2.65. The number of thiophene rings is 1. The predicted octanol–water partition coefficient (Wildman–Crippen LogP) is 1.92. The van der Waals surface area contributed by atoms with E-state index in [1.165, 1.54) is 0 Å². The van der Waals surface area contributed by atoms with Gasteiger partial charge in [0, 0.05) is 4.88 Å². The summed E-state index contributed by atoms with van der Waals surface area (Å²) in [5, 5.41) is 11.6. The summed E-state index contributed by atoms with van der Waals surface area (Å²) >= 11 is 1.58. The molecule has 0 aliphatic carbocycles. The largest absolute Gasteiger partial charge is 0.350 e. The summed E-state index contributed by atoms with van der Waals surface area (Å²) in [6, 6.07) is 2.60. The summed E-state index contributed by atoms with van der Waals surface area (Å²) in [5.74, 6) is 0. The van der Waals surface area contributed by atoms with Crippen molar-refractivity contribution in [3.05, 3.63) is 28.5 Å². The molecule has 3 N–H and O–H groups in total. The molecule has 0 radical (unpaired) electrons. The summed E-state index contributed by atoms with van der Waals surface area (Å²) in [5.41, 5.74) is 4.89. The number of nitrogens with two attached hydrogens (primary N) is 1. The fourth-order valence-corrected chi connectivity index (χ4v) is 1.53. The van der Waals surface area contributed by atoms with Gasteiger partial charge >= 0.3 is 6.03 Å². The molecular weight excluding hydrogens is 200 g/mol. The van der Waals surface area contributed by atoms with Crippen LogP contribution >= 0.6 is 11.3 Å². The Bertz CT molecular complexity index is 322. The fourth-order valence-electron chi connectivity index (χ4n) is 0.902. The second-order valence-electron chi connectivity index (χ2n) is 2.80. The third-order valence-corrected chi connectivity index (χ3v) is 2.53. The molecular formula is C9H12N2O2S. The van der Waals surface area contributed by atoms with E-state index in [1.807, 2.05) is 23.6 Å². The normalized spacial score (nSPS) is 13.0. The second kappa shape index (κ2) is 4.78. The van der Waals surface area contributed by atoms with Gasteiger partial charge in [-0.05, 0) is 24.4 Å². The van der Waals surface area contributed by atoms with Gasteiger partial charge in [0.1, 0.15) is 0 Å². The van der Waals surface area contributed by atoms with Crippen LogP contribution in [0.5, 0.6) is 0 Å². The van der Waals surface area contributed by atoms with Crippen molar-refractivity contribution in [1.29, 1.82) is 0 Å². The van der Waals surface area contributed by atoms with E-state index in [-0.39, 0.29) is 0 Å². The highest BCUT2D eigenvalue weighted by atomic mass is 32.1. The third kappa shape index (κ3) is 2.86. The minimum atomic E-state index is -0.853. The first-order valence-corrected chi connectivity index (χ1v) is 4.98. The van der Waals surface area contributed by atoms with Crippen molar-refractivity contribution in [2.45, 2.75) is 13.0 Å². The quantitative estimate of drug-likeness (QED) is 0.593. The maximum absolute atomic E-state index is 10.6. The van der Waals surface area contributed by atoms with Crippen molar-refractivity contribution in [3.8, 4) is 0 Å². The van der Waals surface area contributed by atoms with E-state index in [0.29, 0.717) is 5.06 Å². The van der Waals surface area contributed by atoms with Crippen LogP contribution in [-0.2, 0) is 0 Å². The Hall–Kier alpha value is -1.33. The molecule has 14 heavy (non-hydrogen) atoms. The van der Waals surface area contributed by atoms with Crippen LogP contribution in [0.15, 0.2) is 23.6 Å². The summed E-state index contributed by atoms with van der Waals surface area (Å²) in [7, 11) is 0. The van der Waals surface area contributed by atoms with E-state index in [9.17, 15) is 4.79 Å². The standard InChI is InChI=1S/C9H12N2O2S/c1-7(11(13)9(10)12)4-5-8-3-2-6-14-8/h2-7,13H,1H3,(H2,10,12).